The molecule has 0 spiro atoms. The van der Waals surface area contributed by atoms with Crippen LogP contribution in [0, 0.1) is 0 Å². The number of para-hydroxylation sites is 1. The van der Waals surface area contributed by atoms with E-state index in [4.69, 9.17) is 16.3 Å². The number of carbonyl (C=O) groups is 1. The number of halogens is 1. The maximum Gasteiger partial charge on any atom is 0.265 e. The molecule has 1 amide bonds. The molecule has 3 rings (SSSR count). The summed E-state index contributed by atoms with van der Waals surface area (Å²) in [5.74, 6) is -0.346. The van der Waals surface area contributed by atoms with Gasteiger partial charge in [-0.15, -0.1) is 0 Å². The summed E-state index contributed by atoms with van der Waals surface area (Å²) in [4.78, 5) is 12.3. The Balaban J connectivity index is 1.87. The largest absolute Gasteiger partial charge is 0.385 e. The number of methoxy groups -OCH3 is 1. The maximum absolute atomic E-state index is 13.2. The third-order valence-electron chi connectivity index (χ3n) is 4.42. The number of rotatable bonds is 7. The normalized spacial score (nSPS) is 13.5. The number of fused-ring (bicyclic) bond motifs is 1. The van der Waals surface area contributed by atoms with Crippen LogP contribution in [0.5, 0.6) is 0 Å². The Kier molecular flexibility index (Phi) is 6.04. The molecule has 2 aromatic rings. The van der Waals surface area contributed by atoms with Crippen LogP contribution in [0.15, 0.2) is 47.4 Å². The zero-order valence-electron chi connectivity index (χ0n) is 14.9. The van der Waals surface area contributed by atoms with Crippen LogP contribution in [0.3, 0.4) is 0 Å². The minimum absolute atomic E-state index is 0.0644. The molecule has 8 heteroatoms. The molecule has 27 heavy (non-hydrogen) atoms. The Labute approximate surface area is 164 Å². The third kappa shape index (κ3) is 4.10. The van der Waals surface area contributed by atoms with Crippen LogP contribution in [-0.4, -0.2) is 41.1 Å². The number of benzene rings is 2. The minimum Gasteiger partial charge on any atom is -0.385 e. The van der Waals surface area contributed by atoms with E-state index in [1.54, 1.807) is 19.2 Å². The second-order valence-electron chi connectivity index (χ2n) is 6.20. The van der Waals surface area contributed by atoms with E-state index in [2.05, 4.69) is 5.32 Å². The Morgan fingerprint density at radius 3 is 2.81 bits per heavy atom. The number of hydrogen-bond donors (Lipinski definition) is 1. The lowest BCUT2D eigenvalue weighted by molar-refractivity contribution is 0.0948. The van der Waals surface area contributed by atoms with Gasteiger partial charge in [-0.05, 0) is 42.7 Å². The van der Waals surface area contributed by atoms with E-state index in [9.17, 15) is 13.2 Å². The lowest BCUT2D eigenvalue weighted by Crippen LogP contribution is -2.30. The van der Waals surface area contributed by atoms with Crippen molar-refractivity contribution in [3.05, 3.63) is 58.6 Å². The van der Waals surface area contributed by atoms with Crippen molar-refractivity contribution in [2.24, 2.45) is 0 Å². The van der Waals surface area contributed by atoms with Crippen LogP contribution in [-0.2, 0) is 21.2 Å². The van der Waals surface area contributed by atoms with Crippen LogP contribution in [0.25, 0.3) is 0 Å². The number of hydrogen-bond acceptors (Lipinski definition) is 4. The van der Waals surface area contributed by atoms with Gasteiger partial charge >= 0.3 is 0 Å². The molecule has 0 bridgehead atoms. The molecule has 0 aromatic heterocycles. The van der Waals surface area contributed by atoms with E-state index in [0.29, 0.717) is 38.2 Å². The van der Waals surface area contributed by atoms with Crippen molar-refractivity contribution in [2.45, 2.75) is 17.7 Å². The SMILES string of the molecule is COCCCNC(=O)c1ccc(Cl)c(S(=O)(=O)N2CCc3ccccc32)c1. The van der Waals surface area contributed by atoms with Gasteiger partial charge in [0.15, 0.2) is 0 Å². The van der Waals surface area contributed by atoms with Gasteiger partial charge in [0.25, 0.3) is 15.9 Å². The van der Waals surface area contributed by atoms with E-state index in [1.165, 1.54) is 22.5 Å². The van der Waals surface area contributed by atoms with Crippen LogP contribution >= 0.6 is 11.6 Å². The van der Waals surface area contributed by atoms with E-state index >= 15 is 0 Å². The molecule has 2 aromatic carbocycles. The molecule has 1 N–H and O–H groups in total. The number of sulfonamides is 1. The highest BCUT2D eigenvalue weighted by atomic mass is 35.5. The lowest BCUT2D eigenvalue weighted by Gasteiger charge is -2.20. The molecule has 0 saturated carbocycles. The Morgan fingerprint density at radius 2 is 2.04 bits per heavy atom. The van der Waals surface area contributed by atoms with Gasteiger partial charge in [0.1, 0.15) is 4.90 Å². The van der Waals surface area contributed by atoms with Crippen LogP contribution < -0.4 is 9.62 Å². The van der Waals surface area contributed by atoms with Crippen LogP contribution in [0.4, 0.5) is 5.69 Å². The molecule has 0 atom stereocenters. The van der Waals surface area contributed by atoms with Crippen molar-refractivity contribution in [1.29, 1.82) is 0 Å². The monoisotopic (exact) mass is 408 g/mol. The fraction of sp³-hybridized carbons (Fsp3) is 0.316. The molecular formula is C19H21ClN2O4S. The average Bonchev–Trinajstić information content (AvgIpc) is 3.10. The highest BCUT2D eigenvalue weighted by Gasteiger charge is 2.32. The first-order valence-electron chi connectivity index (χ1n) is 8.62. The van der Waals surface area contributed by atoms with Gasteiger partial charge in [-0.2, -0.15) is 0 Å². The molecule has 0 radical (unpaired) electrons. The van der Waals surface area contributed by atoms with Gasteiger partial charge in [0, 0.05) is 32.4 Å². The van der Waals surface area contributed by atoms with E-state index in [1.807, 2.05) is 12.1 Å². The smallest absolute Gasteiger partial charge is 0.265 e. The summed E-state index contributed by atoms with van der Waals surface area (Å²) in [6.07, 6.45) is 1.32. The number of nitrogens with one attached hydrogen (secondary N) is 1. The van der Waals surface area contributed by atoms with Gasteiger partial charge in [-0.3, -0.25) is 9.10 Å². The van der Waals surface area contributed by atoms with Crippen LogP contribution in [0.2, 0.25) is 5.02 Å². The van der Waals surface area contributed by atoms with Crippen LogP contribution in [0.1, 0.15) is 22.3 Å². The molecule has 6 nitrogen and oxygen atoms in total. The van der Waals surface area contributed by atoms with Gasteiger partial charge in [0.2, 0.25) is 0 Å². The first kappa shape index (κ1) is 19.7. The fourth-order valence-corrected chi connectivity index (χ4v) is 5.05. The van der Waals surface area contributed by atoms with E-state index in [0.717, 1.165) is 5.56 Å². The summed E-state index contributed by atoms with van der Waals surface area (Å²) < 4.78 is 32.7. The zero-order valence-corrected chi connectivity index (χ0v) is 16.5. The first-order valence-corrected chi connectivity index (χ1v) is 10.4. The molecular weight excluding hydrogens is 388 g/mol. The number of anilines is 1. The molecule has 0 unspecified atom stereocenters. The summed E-state index contributed by atoms with van der Waals surface area (Å²) in [6, 6.07) is 11.7. The number of amides is 1. The molecule has 1 heterocycles. The second kappa shape index (κ2) is 8.29. The van der Waals surface area contributed by atoms with Crippen molar-refractivity contribution in [3.8, 4) is 0 Å². The number of nitrogens with zero attached hydrogens (tertiary/aromatic N) is 1. The summed E-state index contributed by atoms with van der Waals surface area (Å²) in [5.41, 5.74) is 1.88. The third-order valence-corrected chi connectivity index (χ3v) is 6.71. The van der Waals surface area contributed by atoms with E-state index < -0.39 is 10.0 Å². The van der Waals surface area contributed by atoms with Gasteiger partial charge in [-0.1, -0.05) is 29.8 Å². The van der Waals surface area contributed by atoms with E-state index in [-0.39, 0.29) is 21.4 Å². The quantitative estimate of drug-likeness (QED) is 0.715. The van der Waals surface area contributed by atoms with Crippen molar-refractivity contribution < 1.29 is 17.9 Å². The zero-order chi connectivity index (χ0) is 19.4. The van der Waals surface area contributed by atoms with Crippen molar-refractivity contribution in [2.75, 3.05) is 31.1 Å². The predicted molar refractivity (Wildman–Crippen MR) is 105 cm³/mol. The molecule has 1 aliphatic rings. The summed E-state index contributed by atoms with van der Waals surface area (Å²) >= 11 is 6.18. The summed E-state index contributed by atoms with van der Waals surface area (Å²) in [7, 11) is -2.27. The highest BCUT2D eigenvalue weighted by molar-refractivity contribution is 7.93. The molecule has 0 aliphatic carbocycles. The van der Waals surface area contributed by atoms with Crippen molar-refractivity contribution >= 4 is 33.2 Å². The standard InChI is InChI=1S/C19H21ClN2O4S/c1-26-12-4-10-21-19(23)15-7-8-16(20)18(13-15)27(24,25)22-11-9-14-5-2-3-6-17(14)22/h2-3,5-8,13H,4,9-12H2,1H3,(H,21,23). The molecule has 144 valence electrons. The molecule has 0 fully saturated rings. The van der Waals surface area contributed by atoms with Gasteiger partial charge in [-0.25, -0.2) is 8.42 Å². The second-order valence-corrected chi connectivity index (χ2v) is 8.44. The number of carbonyl (C=O) groups excluding carboxylic acids is 1. The summed E-state index contributed by atoms with van der Waals surface area (Å²) in [5, 5.41) is 2.84. The molecule has 0 saturated heterocycles. The van der Waals surface area contributed by atoms with Gasteiger partial charge < -0.3 is 10.1 Å². The van der Waals surface area contributed by atoms with Gasteiger partial charge in [0.05, 0.1) is 10.7 Å². The maximum atomic E-state index is 13.2. The number of ether oxygens (including phenoxy) is 1. The average molecular weight is 409 g/mol. The Bertz CT molecular complexity index is 946. The first-order chi connectivity index (χ1) is 12.9. The molecule has 1 aliphatic heterocycles. The fourth-order valence-electron chi connectivity index (χ4n) is 3.04. The highest BCUT2D eigenvalue weighted by Crippen LogP contribution is 2.35. The predicted octanol–water partition coefficient (Wildman–Crippen LogP) is 2.86. The Morgan fingerprint density at radius 1 is 1.26 bits per heavy atom. The minimum atomic E-state index is -3.87. The summed E-state index contributed by atoms with van der Waals surface area (Å²) in [6.45, 7) is 1.33. The van der Waals surface area contributed by atoms with Crippen molar-refractivity contribution in [1.82, 2.24) is 5.32 Å². The van der Waals surface area contributed by atoms with Crippen molar-refractivity contribution in [3.63, 3.8) is 0 Å². The topological polar surface area (TPSA) is 75.7 Å². The Hall–Kier alpha value is -2.09. The lowest BCUT2D eigenvalue weighted by atomic mass is 10.2.